The summed E-state index contributed by atoms with van der Waals surface area (Å²) in [5, 5.41) is 3.16. The molecule has 3 aromatic heterocycles. The molecule has 0 aliphatic heterocycles. The Balaban J connectivity index is 1.46. The van der Waals surface area contributed by atoms with Crippen molar-refractivity contribution in [2.75, 3.05) is 6.54 Å². The molecule has 0 aromatic carbocycles. The van der Waals surface area contributed by atoms with Gasteiger partial charge in [-0.25, -0.2) is 13.8 Å². The van der Waals surface area contributed by atoms with Gasteiger partial charge in [0.25, 0.3) is 0 Å². The molecule has 174 valence electrons. The highest BCUT2D eigenvalue weighted by Crippen LogP contribution is 2.34. The predicted molar refractivity (Wildman–Crippen MR) is 123 cm³/mol. The lowest BCUT2D eigenvalue weighted by Gasteiger charge is -2.15. The van der Waals surface area contributed by atoms with E-state index in [0.29, 0.717) is 12.3 Å². The van der Waals surface area contributed by atoms with Crippen molar-refractivity contribution in [2.24, 2.45) is 11.8 Å². The molecule has 1 fully saturated rings. The standard InChI is InChI=1S/C24H28F2N6O/c25-24(26,8-9-28-16-33)7-5-18-11-20-6-10-32(23(20)30-14-18)21-12-17(13-29-15-21)1-4-22(31-27)19-2-3-19/h4,6,10-16,19,31H,1-3,5,7-9,27H2,(H,28,33)/b22-4-. The second-order valence-electron chi connectivity index (χ2n) is 8.45. The van der Waals surface area contributed by atoms with Gasteiger partial charge in [0.1, 0.15) is 5.65 Å². The lowest BCUT2D eigenvalue weighted by Crippen LogP contribution is -2.24. The number of halogens is 2. The summed E-state index contributed by atoms with van der Waals surface area (Å²) in [4.78, 5) is 19.1. The number of pyridine rings is 2. The van der Waals surface area contributed by atoms with Crippen LogP contribution in [-0.4, -0.2) is 33.4 Å². The van der Waals surface area contributed by atoms with E-state index in [4.69, 9.17) is 5.84 Å². The number of aryl methyl sites for hydroxylation is 1. The number of nitrogens with one attached hydrogen (secondary N) is 2. The van der Waals surface area contributed by atoms with E-state index >= 15 is 0 Å². The Labute approximate surface area is 191 Å². The first-order valence-electron chi connectivity index (χ1n) is 11.1. The average molecular weight is 455 g/mol. The molecule has 0 saturated heterocycles. The van der Waals surface area contributed by atoms with E-state index in [2.05, 4.69) is 32.9 Å². The zero-order chi connectivity index (χ0) is 23.3. The number of allylic oxidation sites excluding steroid dienone is 2. The van der Waals surface area contributed by atoms with E-state index in [-0.39, 0.29) is 25.8 Å². The second kappa shape index (κ2) is 10.1. The zero-order valence-corrected chi connectivity index (χ0v) is 18.3. The lowest BCUT2D eigenvalue weighted by atomic mass is 10.0. The SMILES string of the molecule is NN/C(=C\Cc1cncc(-n2ccc3cc(CCC(F)(F)CCNC=O)cnc32)c1)C1CC1. The molecule has 33 heavy (non-hydrogen) atoms. The minimum absolute atomic E-state index is 0.0375. The van der Waals surface area contributed by atoms with Gasteiger partial charge in [-0.2, -0.15) is 0 Å². The molecule has 0 spiro atoms. The summed E-state index contributed by atoms with van der Waals surface area (Å²) >= 11 is 0. The van der Waals surface area contributed by atoms with Gasteiger partial charge >= 0.3 is 0 Å². The van der Waals surface area contributed by atoms with Crippen LogP contribution in [0.4, 0.5) is 8.78 Å². The van der Waals surface area contributed by atoms with E-state index < -0.39 is 5.92 Å². The number of carbonyl (C=O) groups excluding carboxylic acids is 1. The van der Waals surface area contributed by atoms with E-state index in [1.165, 1.54) is 12.8 Å². The van der Waals surface area contributed by atoms with Crippen LogP contribution in [0.5, 0.6) is 0 Å². The third-order valence-electron chi connectivity index (χ3n) is 5.88. The predicted octanol–water partition coefficient (Wildman–Crippen LogP) is 3.42. The lowest BCUT2D eigenvalue weighted by molar-refractivity contribution is -0.109. The molecule has 4 rings (SSSR count). The number of carbonyl (C=O) groups is 1. The van der Waals surface area contributed by atoms with Gasteiger partial charge in [0.2, 0.25) is 12.3 Å². The Kier molecular flexibility index (Phi) is 6.98. The number of hydrogen-bond donors (Lipinski definition) is 3. The fraction of sp³-hybridized carbons (Fsp3) is 0.375. The van der Waals surface area contributed by atoms with Gasteiger partial charge in [-0.15, -0.1) is 0 Å². The Bertz CT molecular complexity index is 1140. The number of nitrogens with two attached hydrogens (primary N) is 1. The number of fused-ring (bicyclic) bond motifs is 1. The normalized spacial score (nSPS) is 14.5. The Morgan fingerprint density at radius 2 is 2.06 bits per heavy atom. The van der Waals surface area contributed by atoms with Crippen LogP contribution in [0.25, 0.3) is 16.7 Å². The third kappa shape index (κ3) is 5.92. The Morgan fingerprint density at radius 3 is 2.82 bits per heavy atom. The number of aromatic nitrogens is 3. The number of hydrogen-bond acceptors (Lipinski definition) is 5. The number of nitrogens with zero attached hydrogens (tertiary/aromatic N) is 3. The summed E-state index contributed by atoms with van der Waals surface area (Å²) in [6, 6.07) is 5.88. The highest BCUT2D eigenvalue weighted by atomic mass is 19.3. The van der Waals surface area contributed by atoms with Crippen LogP contribution in [0.3, 0.4) is 0 Å². The number of alkyl halides is 2. The largest absolute Gasteiger partial charge is 0.358 e. The Morgan fingerprint density at radius 1 is 1.21 bits per heavy atom. The van der Waals surface area contributed by atoms with Gasteiger partial charge in [0.05, 0.1) is 11.9 Å². The smallest absolute Gasteiger partial charge is 0.250 e. The van der Waals surface area contributed by atoms with Crippen LogP contribution < -0.4 is 16.6 Å². The van der Waals surface area contributed by atoms with Crippen molar-refractivity contribution in [3.63, 3.8) is 0 Å². The van der Waals surface area contributed by atoms with Crippen LogP contribution >= 0.6 is 0 Å². The summed E-state index contributed by atoms with van der Waals surface area (Å²) in [7, 11) is 0. The van der Waals surface area contributed by atoms with Crippen molar-refractivity contribution < 1.29 is 13.6 Å². The van der Waals surface area contributed by atoms with Crippen molar-refractivity contribution in [3.05, 3.63) is 65.9 Å². The molecule has 3 aromatic rings. The van der Waals surface area contributed by atoms with E-state index in [1.807, 2.05) is 29.1 Å². The van der Waals surface area contributed by atoms with Gasteiger partial charge in [-0.05, 0) is 60.9 Å². The third-order valence-corrected chi connectivity index (χ3v) is 5.88. The molecule has 9 heteroatoms. The molecule has 0 bridgehead atoms. The van der Waals surface area contributed by atoms with Crippen molar-refractivity contribution in [2.45, 2.75) is 44.4 Å². The monoisotopic (exact) mass is 454 g/mol. The summed E-state index contributed by atoms with van der Waals surface area (Å²) in [5.41, 5.74) is 7.32. The minimum atomic E-state index is -2.84. The summed E-state index contributed by atoms with van der Waals surface area (Å²) in [6.07, 6.45) is 12.3. The summed E-state index contributed by atoms with van der Waals surface area (Å²) in [5.74, 6) is 3.34. The summed E-state index contributed by atoms with van der Waals surface area (Å²) < 4.78 is 29.9. The first-order valence-corrected chi connectivity index (χ1v) is 11.1. The number of hydrazine groups is 1. The van der Waals surface area contributed by atoms with E-state index in [1.54, 1.807) is 12.4 Å². The number of rotatable bonds is 12. The molecule has 3 heterocycles. The van der Waals surface area contributed by atoms with Gasteiger partial charge in [-0.1, -0.05) is 6.08 Å². The van der Waals surface area contributed by atoms with Crippen LogP contribution in [0, 0.1) is 5.92 Å². The van der Waals surface area contributed by atoms with Crippen molar-refractivity contribution in [3.8, 4) is 5.69 Å². The molecule has 1 amide bonds. The molecule has 1 aliphatic rings. The van der Waals surface area contributed by atoms with E-state index in [0.717, 1.165) is 40.0 Å². The van der Waals surface area contributed by atoms with Gasteiger partial charge < -0.3 is 10.7 Å². The first-order chi connectivity index (χ1) is 16.0. The van der Waals surface area contributed by atoms with Crippen LogP contribution in [0.2, 0.25) is 0 Å². The van der Waals surface area contributed by atoms with Crippen LogP contribution in [0.1, 0.15) is 36.8 Å². The molecular weight excluding hydrogens is 426 g/mol. The molecule has 0 atom stereocenters. The topological polar surface area (TPSA) is 97.9 Å². The van der Waals surface area contributed by atoms with Gasteiger partial charge in [0.15, 0.2) is 0 Å². The molecular formula is C24H28F2N6O. The first kappa shape index (κ1) is 22.8. The summed E-state index contributed by atoms with van der Waals surface area (Å²) in [6.45, 7) is -0.0375. The van der Waals surface area contributed by atoms with Crippen LogP contribution in [0.15, 0.2) is 54.8 Å². The quantitative estimate of drug-likeness (QED) is 0.169. The Hall–Kier alpha value is -3.33. The van der Waals surface area contributed by atoms with Crippen molar-refractivity contribution in [1.29, 1.82) is 0 Å². The molecule has 0 radical (unpaired) electrons. The zero-order valence-electron chi connectivity index (χ0n) is 18.3. The molecule has 0 unspecified atom stereocenters. The van der Waals surface area contributed by atoms with Crippen molar-refractivity contribution >= 4 is 17.4 Å². The maximum absolute atomic E-state index is 14.0. The number of amides is 1. The highest BCUT2D eigenvalue weighted by Gasteiger charge is 2.28. The molecule has 1 saturated carbocycles. The minimum Gasteiger partial charge on any atom is -0.358 e. The van der Waals surface area contributed by atoms with Crippen molar-refractivity contribution in [1.82, 2.24) is 25.3 Å². The van der Waals surface area contributed by atoms with Gasteiger partial charge in [-0.3, -0.25) is 20.2 Å². The fourth-order valence-corrected chi connectivity index (χ4v) is 3.86. The molecule has 4 N–H and O–H groups in total. The second-order valence-corrected chi connectivity index (χ2v) is 8.45. The van der Waals surface area contributed by atoms with Crippen LogP contribution in [-0.2, 0) is 17.6 Å². The average Bonchev–Trinajstić information content (AvgIpc) is 3.57. The maximum atomic E-state index is 14.0. The molecule has 7 nitrogen and oxygen atoms in total. The fourth-order valence-electron chi connectivity index (χ4n) is 3.86. The van der Waals surface area contributed by atoms with Gasteiger partial charge in [0, 0.05) is 49.1 Å². The molecule has 1 aliphatic carbocycles. The van der Waals surface area contributed by atoms with E-state index in [9.17, 15) is 13.6 Å². The highest BCUT2D eigenvalue weighted by molar-refractivity contribution is 5.78. The maximum Gasteiger partial charge on any atom is 0.250 e.